The van der Waals surface area contributed by atoms with Crippen molar-refractivity contribution in [3.8, 4) is 11.5 Å². The number of phenolic OH excluding ortho intramolecular Hbond substituents is 2. The number of ether oxygens (including phenoxy) is 1. The molecule has 3 aliphatic rings. The van der Waals surface area contributed by atoms with Crippen LogP contribution in [0.15, 0.2) is 53.1 Å². The number of phenols is 2. The van der Waals surface area contributed by atoms with Gasteiger partial charge in [-0.05, 0) is 43.8 Å². The molecule has 6 heteroatoms. The van der Waals surface area contributed by atoms with Crippen molar-refractivity contribution in [2.75, 3.05) is 20.7 Å². The van der Waals surface area contributed by atoms with Crippen LogP contribution < -0.4 is 0 Å². The first-order valence-electron chi connectivity index (χ1n) is 10.1. The van der Waals surface area contributed by atoms with E-state index in [1.807, 2.05) is 12.1 Å². The number of rotatable bonds is 3. The number of carbonyl (C=O) groups is 1. The number of thioether (sulfide) groups is 1. The Bertz CT molecular complexity index is 1060. The minimum atomic E-state index is -0.555. The number of Topliss-reactive ketones (excluding diaryl/α,β-unsaturated/α-hetero) is 1. The summed E-state index contributed by atoms with van der Waals surface area (Å²) in [4.78, 5) is 16.3. The molecule has 0 spiro atoms. The first-order valence-corrected chi connectivity index (χ1v) is 11.0. The van der Waals surface area contributed by atoms with Gasteiger partial charge in [0.15, 0.2) is 23.0 Å². The van der Waals surface area contributed by atoms with Crippen LogP contribution in [-0.4, -0.2) is 47.6 Å². The third kappa shape index (κ3) is 2.63. The van der Waals surface area contributed by atoms with Gasteiger partial charge in [0.05, 0.1) is 12.4 Å². The standard InChI is InChI=1S/C24H25NO4S/c1-13-4-6-14(7-5-13)30-23-15-8-9-17(26)22(28)20(15)24-11-18(27)19(29-3)10-16(24)21(23)25(2)12-24/h4-10,16,21,23,26,28H,11-12H2,1-3H3/t16-,21-,23-,24+/m1/s1. The van der Waals surface area contributed by atoms with Gasteiger partial charge in [-0.3, -0.25) is 4.79 Å². The Kier molecular flexibility index (Phi) is 4.42. The molecule has 0 amide bonds. The maximum Gasteiger partial charge on any atom is 0.197 e. The van der Waals surface area contributed by atoms with E-state index in [1.165, 1.54) is 12.7 Å². The van der Waals surface area contributed by atoms with Crippen LogP contribution in [0.25, 0.3) is 0 Å². The van der Waals surface area contributed by atoms with E-state index in [9.17, 15) is 15.0 Å². The average molecular weight is 424 g/mol. The van der Waals surface area contributed by atoms with Crippen LogP contribution in [0.2, 0.25) is 0 Å². The van der Waals surface area contributed by atoms with E-state index in [1.54, 1.807) is 17.8 Å². The van der Waals surface area contributed by atoms with Crippen LogP contribution in [0.1, 0.15) is 28.4 Å². The molecule has 156 valence electrons. The molecule has 2 bridgehead atoms. The molecule has 1 aliphatic heterocycles. The number of likely N-dealkylation sites (N-methyl/N-ethyl adjacent to an activating group) is 1. The molecular weight excluding hydrogens is 398 g/mol. The SMILES string of the molecule is COC1=C[C@@H]2[C@@H]3[C@H](Sc4ccc(C)cc4)c4ccc(O)c(O)c4[C@@]2(CC1=O)CN3C. The first kappa shape index (κ1) is 19.5. The highest BCUT2D eigenvalue weighted by molar-refractivity contribution is 7.99. The number of nitrogens with zero attached hydrogens (tertiary/aromatic N) is 1. The fraction of sp³-hybridized carbons (Fsp3) is 0.375. The van der Waals surface area contributed by atoms with Crippen molar-refractivity contribution in [1.29, 1.82) is 0 Å². The fourth-order valence-corrected chi connectivity index (χ4v) is 7.12. The Labute approximate surface area is 180 Å². The summed E-state index contributed by atoms with van der Waals surface area (Å²) < 4.78 is 5.39. The van der Waals surface area contributed by atoms with Crippen LogP contribution in [-0.2, 0) is 14.9 Å². The lowest BCUT2D eigenvalue weighted by atomic mass is 9.59. The zero-order valence-electron chi connectivity index (χ0n) is 17.3. The quantitative estimate of drug-likeness (QED) is 0.729. The van der Waals surface area contributed by atoms with Gasteiger partial charge in [-0.1, -0.05) is 23.8 Å². The van der Waals surface area contributed by atoms with Gasteiger partial charge in [-0.15, -0.1) is 11.8 Å². The number of hydrogen-bond acceptors (Lipinski definition) is 6. The lowest BCUT2D eigenvalue weighted by molar-refractivity contribution is -0.120. The minimum absolute atomic E-state index is 0.0123. The summed E-state index contributed by atoms with van der Waals surface area (Å²) in [7, 11) is 3.62. The molecule has 0 unspecified atom stereocenters. The summed E-state index contributed by atoms with van der Waals surface area (Å²) in [5.74, 6) is 0.128. The molecule has 0 saturated carbocycles. The molecule has 0 aromatic heterocycles. The Hall–Kier alpha value is -2.44. The van der Waals surface area contributed by atoms with Crippen molar-refractivity contribution in [3.05, 3.63) is 64.9 Å². The predicted molar refractivity (Wildman–Crippen MR) is 116 cm³/mol. The zero-order valence-corrected chi connectivity index (χ0v) is 18.1. The maximum atomic E-state index is 12.8. The number of fused-ring (bicyclic) bond motifs is 1. The summed E-state index contributed by atoms with van der Waals surface area (Å²) in [5, 5.41) is 21.3. The van der Waals surface area contributed by atoms with Crippen LogP contribution in [0.4, 0.5) is 0 Å². The highest BCUT2D eigenvalue weighted by atomic mass is 32.2. The number of allylic oxidation sites excluding steroid dienone is 1. The predicted octanol–water partition coefficient (Wildman–Crippen LogP) is 3.92. The van der Waals surface area contributed by atoms with Gasteiger partial charge < -0.3 is 19.8 Å². The molecule has 5 nitrogen and oxygen atoms in total. The summed E-state index contributed by atoms with van der Waals surface area (Å²) in [6.07, 6.45) is 2.22. The first-order chi connectivity index (χ1) is 14.4. The van der Waals surface area contributed by atoms with Crippen molar-refractivity contribution in [2.45, 2.75) is 34.9 Å². The van der Waals surface area contributed by atoms with Gasteiger partial charge in [0.2, 0.25) is 0 Å². The molecule has 2 aromatic carbocycles. The molecule has 2 aromatic rings. The lowest BCUT2D eigenvalue weighted by Gasteiger charge is -2.46. The number of benzene rings is 2. The van der Waals surface area contributed by atoms with Crippen molar-refractivity contribution in [2.24, 2.45) is 5.92 Å². The van der Waals surface area contributed by atoms with Crippen LogP contribution in [0.3, 0.4) is 0 Å². The Morgan fingerprint density at radius 1 is 1.17 bits per heavy atom. The molecule has 30 heavy (non-hydrogen) atoms. The van der Waals surface area contributed by atoms with Gasteiger partial charge in [-0.25, -0.2) is 0 Å². The molecule has 1 saturated heterocycles. The second kappa shape index (κ2) is 6.79. The van der Waals surface area contributed by atoms with Crippen molar-refractivity contribution in [1.82, 2.24) is 4.90 Å². The van der Waals surface area contributed by atoms with E-state index in [0.29, 0.717) is 12.3 Å². The highest BCUT2D eigenvalue weighted by Gasteiger charge is 2.62. The Morgan fingerprint density at radius 2 is 1.90 bits per heavy atom. The third-order valence-electron chi connectivity index (χ3n) is 6.94. The van der Waals surface area contributed by atoms with E-state index in [0.717, 1.165) is 16.0 Å². The minimum Gasteiger partial charge on any atom is -0.504 e. The molecule has 5 rings (SSSR count). The average Bonchev–Trinajstić information content (AvgIpc) is 2.94. The third-order valence-corrected chi connectivity index (χ3v) is 8.27. The van der Waals surface area contributed by atoms with Gasteiger partial charge >= 0.3 is 0 Å². The number of carbonyl (C=O) groups excluding carboxylic acids is 1. The van der Waals surface area contributed by atoms with E-state index in [4.69, 9.17) is 4.74 Å². The van der Waals surface area contributed by atoms with E-state index < -0.39 is 5.41 Å². The smallest absolute Gasteiger partial charge is 0.197 e. The summed E-state index contributed by atoms with van der Waals surface area (Å²) in [6, 6.07) is 12.1. The maximum absolute atomic E-state index is 12.8. The second-order valence-corrected chi connectivity index (χ2v) is 9.89. The van der Waals surface area contributed by atoms with E-state index >= 15 is 0 Å². The van der Waals surface area contributed by atoms with Crippen molar-refractivity contribution < 1.29 is 19.7 Å². The van der Waals surface area contributed by atoms with Gasteiger partial charge in [0.25, 0.3) is 0 Å². The molecule has 2 aliphatic carbocycles. The van der Waals surface area contributed by atoms with E-state index in [-0.39, 0.29) is 40.9 Å². The van der Waals surface area contributed by atoms with Gasteiger partial charge in [-0.2, -0.15) is 0 Å². The van der Waals surface area contributed by atoms with Crippen LogP contribution >= 0.6 is 11.8 Å². The molecule has 2 N–H and O–H groups in total. The van der Waals surface area contributed by atoms with Crippen molar-refractivity contribution in [3.63, 3.8) is 0 Å². The molecule has 1 heterocycles. The number of ketones is 1. The summed E-state index contributed by atoms with van der Waals surface area (Å²) in [6.45, 7) is 2.72. The number of methoxy groups -OCH3 is 1. The highest BCUT2D eigenvalue weighted by Crippen LogP contribution is 2.63. The number of aryl methyl sites for hydroxylation is 1. The summed E-state index contributed by atoms with van der Waals surface area (Å²) in [5.41, 5.74) is 2.38. The van der Waals surface area contributed by atoms with Gasteiger partial charge in [0, 0.05) is 40.8 Å². The summed E-state index contributed by atoms with van der Waals surface area (Å²) >= 11 is 1.77. The van der Waals surface area contributed by atoms with Crippen molar-refractivity contribution >= 4 is 17.5 Å². The lowest BCUT2D eigenvalue weighted by Crippen LogP contribution is -2.46. The topological polar surface area (TPSA) is 70.0 Å². The van der Waals surface area contributed by atoms with Crippen LogP contribution in [0, 0.1) is 12.8 Å². The second-order valence-electron chi connectivity index (χ2n) is 8.67. The number of aromatic hydroxyl groups is 2. The normalized spacial score (nSPS) is 29.9. The number of likely N-dealkylation sites (tertiary alicyclic amines) is 1. The molecule has 0 radical (unpaired) electrons. The van der Waals surface area contributed by atoms with Gasteiger partial charge in [0.1, 0.15) is 0 Å². The molecular formula is C24H25NO4S. The fourth-order valence-electron chi connectivity index (χ4n) is 5.69. The molecule has 1 fully saturated rings. The zero-order chi connectivity index (χ0) is 21.2. The molecule has 4 atom stereocenters. The monoisotopic (exact) mass is 423 g/mol. The Balaban J connectivity index is 1.72. The van der Waals surface area contributed by atoms with Crippen LogP contribution in [0.5, 0.6) is 11.5 Å². The Morgan fingerprint density at radius 3 is 2.60 bits per heavy atom. The largest absolute Gasteiger partial charge is 0.504 e. The number of hydrogen-bond donors (Lipinski definition) is 2. The van der Waals surface area contributed by atoms with E-state index in [2.05, 4.69) is 43.1 Å².